The number of hydrogen-bond donors (Lipinski definition) is 1. The molecule has 0 aliphatic heterocycles. The van der Waals surface area contributed by atoms with Crippen LogP contribution in [-0.4, -0.2) is 36.9 Å². The average Bonchev–Trinajstić information content (AvgIpc) is 3.03. The lowest BCUT2D eigenvalue weighted by Gasteiger charge is -2.16. The highest BCUT2D eigenvalue weighted by Gasteiger charge is 2.13. The number of nitrogens with zero attached hydrogens (tertiary/aromatic N) is 1. The summed E-state index contributed by atoms with van der Waals surface area (Å²) < 4.78 is 6.18. The van der Waals surface area contributed by atoms with Gasteiger partial charge in [-0.3, -0.25) is 9.59 Å². The summed E-state index contributed by atoms with van der Waals surface area (Å²) in [6.45, 7) is 3.36. The van der Waals surface area contributed by atoms with E-state index in [0.717, 1.165) is 9.21 Å². The molecule has 140 valence electrons. The molecule has 2 amide bonds. The normalized spacial score (nSPS) is 10.4. The molecule has 0 saturated heterocycles. The van der Waals surface area contributed by atoms with E-state index in [9.17, 15) is 9.59 Å². The largest absolute Gasteiger partial charge is 0.493 e. The van der Waals surface area contributed by atoms with Crippen molar-refractivity contribution in [1.29, 1.82) is 0 Å². The summed E-state index contributed by atoms with van der Waals surface area (Å²) in [7, 11) is 1.77. The number of benzene rings is 1. The minimum absolute atomic E-state index is 0.0403. The molecule has 5 nitrogen and oxygen atoms in total. The lowest BCUT2D eigenvalue weighted by molar-refractivity contribution is -0.130. The SMILES string of the molecule is CCOc1ccccc1C(=O)NCCCC(=O)N(C)Cc1ccc(Cl)s1. The maximum absolute atomic E-state index is 12.3. The molecule has 2 rings (SSSR count). The Morgan fingerprint density at radius 3 is 2.69 bits per heavy atom. The van der Waals surface area contributed by atoms with Crippen molar-refractivity contribution in [1.82, 2.24) is 10.2 Å². The molecular weight excluding hydrogens is 372 g/mol. The van der Waals surface area contributed by atoms with Crippen LogP contribution in [0.15, 0.2) is 36.4 Å². The molecule has 1 N–H and O–H groups in total. The van der Waals surface area contributed by atoms with Crippen LogP contribution >= 0.6 is 22.9 Å². The Kier molecular flexibility index (Phi) is 7.94. The first-order valence-electron chi connectivity index (χ1n) is 8.49. The maximum Gasteiger partial charge on any atom is 0.255 e. The van der Waals surface area contributed by atoms with Crippen molar-refractivity contribution in [2.75, 3.05) is 20.2 Å². The van der Waals surface area contributed by atoms with Crippen LogP contribution in [0, 0.1) is 0 Å². The second-order valence-electron chi connectivity index (χ2n) is 5.74. The van der Waals surface area contributed by atoms with Gasteiger partial charge in [0.05, 0.1) is 23.1 Å². The second-order valence-corrected chi connectivity index (χ2v) is 7.54. The summed E-state index contributed by atoms with van der Waals surface area (Å²) in [5.74, 6) is 0.416. The Morgan fingerprint density at radius 1 is 1.23 bits per heavy atom. The highest BCUT2D eigenvalue weighted by atomic mass is 35.5. The van der Waals surface area contributed by atoms with Crippen LogP contribution in [0.3, 0.4) is 0 Å². The van der Waals surface area contributed by atoms with E-state index < -0.39 is 0 Å². The Bertz CT molecular complexity index is 748. The van der Waals surface area contributed by atoms with Crippen molar-refractivity contribution >= 4 is 34.8 Å². The van der Waals surface area contributed by atoms with Crippen molar-refractivity contribution in [3.05, 3.63) is 51.2 Å². The zero-order valence-corrected chi connectivity index (χ0v) is 16.5. The van der Waals surface area contributed by atoms with Crippen LogP contribution in [0.25, 0.3) is 0 Å². The van der Waals surface area contributed by atoms with Gasteiger partial charge < -0.3 is 15.0 Å². The van der Waals surface area contributed by atoms with E-state index in [-0.39, 0.29) is 11.8 Å². The standard InChI is InChI=1S/C19H23ClN2O3S/c1-3-25-16-8-5-4-7-15(16)19(24)21-12-6-9-18(23)22(2)13-14-10-11-17(20)26-14/h4-5,7-8,10-11H,3,6,9,12-13H2,1-2H3,(H,21,24). The highest BCUT2D eigenvalue weighted by molar-refractivity contribution is 7.16. The lowest BCUT2D eigenvalue weighted by atomic mass is 10.2. The summed E-state index contributed by atoms with van der Waals surface area (Å²) >= 11 is 7.37. The molecule has 1 heterocycles. The average molecular weight is 395 g/mol. The summed E-state index contributed by atoms with van der Waals surface area (Å²) in [5, 5.41) is 2.84. The van der Waals surface area contributed by atoms with Gasteiger partial charge in [-0.1, -0.05) is 23.7 Å². The second kappa shape index (κ2) is 10.2. The summed E-state index contributed by atoms with van der Waals surface area (Å²) in [6, 6.07) is 10.9. The predicted octanol–water partition coefficient (Wildman–Crippen LogP) is 3.97. The van der Waals surface area contributed by atoms with Crippen LogP contribution < -0.4 is 10.1 Å². The van der Waals surface area contributed by atoms with Gasteiger partial charge in [0.25, 0.3) is 5.91 Å². The topological polar surface area (TPSA) is 58.6 Å². The van der Waals surface area contributed by atoms with Crippen LogP contribution in [-0.2, 0) is 11.3 Å². The van der Waals surface area contributed by atoms with Crippen molar-refractivity contribution in [3.8, 4) is 5.75 Å². The first-order chi connectivity index (χ1) is 12.5. The number of hydrogen-bond acceptors (Lipinski definition) is 4. The first kappa shape index (κ1) is 20.3. The highest BCUT2D eigenvalue weighted by Crippen LogP contribution is 2.22. The van der Waals surface area contributed by atoms with E-state index in [1.807, 2.05) is 25.1 Å². The number of rotatable bonds is 9. The van der Waals surface area contributed by atoms with Gasteiger partial charge in [0.15, 0.2) is 0 Å². The van der Waals surface area contributed by atoms with Gasteiger partial charge in [-0.2, -0.15) is 0 Å². The van der Waals surface area contributed by atoms with Gasteiger partial charge in [-0.15, -0.1) is 11.3 Å². The number of nitrogens with one attached hydrogen (secondary N) is 1. The molecule has 2 aromatic rings. The molecule has 26 heavy (non-hydrogen) atoms. The van der Waals surface area contributed by atoms with Gasteiger partial charge in [0, 0.05) is 24.9 Å². The van der Waals surface area contributed by atoms with E-state index in [4.69, 9.17) is 16.3 Å². The number of halogens is 1. The van der Waals surface area contributed by atoms with E-state index in [1.165, 1.54) is 11.3 Å². The number of ether oxygens (including phenoxy) is 1. The molecule has 0 saturated carbocycles. The molecule has 1 aromatic heterocycles. The molecule has 0 aliphatic carbocycles. The van der Waals surface area contributed by atoms with E-state index >= 15 is 0 Å². The fourth-order valence-electron chi connectivity index (χ4n) is 2.42. The minimum atomic E-state index is -0.192. The third-order valence-corrected chi connectivity index (χ3v) is 4.95. The number of carbonyl (C=O) groups excluding carboxylic acids is 2. The number of amides is 2. The Labute approximate surface area is 162 Å². The van der Waals surface area contributed by atoms with Crippen molar-refractivity contribution in [3.63, 3.8) is 0 Å². The fourth-order valence-corrected chi connectivity index (χ4v) is 3.56. The predicted molar refractivity (Wildman–Crippen MR) is 105 cm³/mol. The van der Waals surface area contributed by atoms with E-state index in [1.54, 1.807) is 30.1 Å². The van der Waals surface area contributed by atoms with Crippen LogP contribution in [0.4, 0.5) is 0 Å². The Balaban J connectivity index is 1.74. The lowest BCUT2D eigenvalue weighted by Crippen LogP contribution is -2.28. The van der Waals surface area contributed by atoms with Crippen molar-refractivity contribution in [2.45, 2.75) is 26.3 Å². The number of para-hydroxylation sites is 1. The Morgan fingerprint density at radius 2 is 2.00 bits per heavy atom. The van der Waals surface area contributed by atoms with E-state index in [0.29, 0.717) is 43.9 Å². The molecule has 0 radical (unpaired) electrons. The molecule has 0 aliphatic rings. The minimum Gasteiger partial charge on any atom is -0.493 e. The van der Waals surface area contributed by atoms with Crippen LogP contribution in [0.2, 0.25) is 4.34 Å². The van der Waals surface area contributed by atoms with Gasteiger partial charge >= 0.3 is 0 Å². The van der Waals surface area contributed by atoms with Gasteiger partial charge in [-0.05, 0) is 37.6 Å². The smallest absolute Gasteiger partial charge is 0.255 e. The summed E-state index contributed by atoms with van der Waals surface area (Å²) in [6.07, 6.45) is 0.958. The van der Waals surface area contributed by atoms with Gasteiger partial charge in [0.1, 0.15) is 5.75 Å². The van der Waals surface area contributed by atoms with Gasteiger partial charge in [0.2, 0.25) is 5.91 Å². The zero-order valence-electron chi connectivity index (χ0n) is 15.0. The van der Waals surface area contributed by atoms with E-state index in [2.05, 4.69) is 5.32 Å². The van der Waals surface area contributed by atoms with Crippen molar-refractivity contribution < 1.29 is 14.3 Å². The quantitative estimate of drug-likeness (QED) is 0.654. The van der Waals surface area contributed by atoms with Gasteiger partial charge in [-0.25, -0.2) is 0 Å². The summed E-state index contributed by atoms with van der Waals surface area (Å²) in [5.41, 5.74) is 0.507. The van der Waals surface area contributed by atoms with Crippen LogP contribution in [0.1, 0.15) is 35.0 Å². The molecular formula is C19H23ClN2O3S. The fraction of sp³-hybridized carbons (Fsp3) is 0.368. The Hall–Kier alpha value is -2.05. The molecule has 0 unspecified atom stereocenters. The number of thiophene rings is 1. The first-order valence-corrected chi connectivity index (χ1v) is 9.69. The maximum atomic E-state index is 12.3. The third-order valence-electron chi connectivity index (χ3n) is 3.73. The summed E-state index contributed by atoms with van der Waals surface area (Å²) in [4.78, 5) is 27.2. The third kappa shape index (κ3) is 6.04. The monoisotopic (exact) mass is 394 g/mol. The number of carbonyl (C=O) groups is 2. The molecule has 0 atom stereocenters. The molecule has 0 bridgehead atoms. The molecule has 7 heteroatoms. The zero-order chi connectivity index (χ0) is 18.9. The van der Waals surface area contributed by atoms with Crippen LogP contribution in [0.5, 0.6) is 5.75 Å². The molecule has 1 aromatic carbocycles. The molecule has 0 fully saturated rings. The van der Waals surface area contributed by atoms with Crippen molar-refractivity contribution in [2.24, 2.45) is 0 Å². The molecule has 0 spiro atoms.